The normalized spacial score (nSPS) is 24.3. The minimum Gasteiger partial charge on any atom is -0.508 e. The Hall–Kier alpha value is -9.13. The minimum atomic E-state index is -1.99. The average molecular weight is 1520 g/mol. The number of nitrogens with two attached hydrogens (primary N) is 7. The monoisotopic (exact) mass is 1520 g/mol. The number of aliphatic imine (C=N–C) groups is 2. The van der Waals surface area contributed by atoms with E-state index in [1.165, 1.54) is 41.7 Å². The summed E-state index contributed by atoms with van der Waals surface area (Å²) in [7, 11) is 1.81. The highest BCUT2D eigenvalue weighted by Crippen LogP contribution is 2.25. The van der Waals surface area contributed by atoms with Crippen LogP contribution in [0, 0.1) is 17.8 Å². The first-order chi connectivity index (χ1) is 49.6. The first kappa shape index (κ1) is 88.3. The summed E-state index contributed by atoms with van der Waals surface area (Å²) >= 11 is 0. The largest absolute Gasteiger partial charge is 0.508 e. The number of H-pyrrole nitrogens is 1. The maximum absolute atomic E-state index is 14.9. The highest BCUT2D eigenvalue weighted by molar-refractivity contribution is 8.76. The molecular weight excluding hydrogens is 1410 g/mol. The van der Waals surface area contributed by atoms with Gasteiger partial charge in [0.1, 0.15) is 66.5 Å². The maximum Gasteiger partial charge on any atom is 0.245 e. The highest BCUT2D eigenvalue weighted by Gasteiger charge is 2.41. The molecular formula is C64H107N23O16S2. The molecule has 3 heterocycles. The Labute approximate surface area is 616 Å². The summed E-state index contributed by atoms with van der Waals surface area (Å²) in [4.78, 5) is 185. The number of aromatic amines is 1. The smallest absolute Gasteiger partial charge is 0.245 e. The molecule has 2 aromatic rings. The molecule has 0 aliphatic carbocycles. The summed E-state index contributed by atoms with van der Waals surface area (Å²) in [6.45, 7) is 8.20. The molecule has 41 heteroatoms. The van der Waals surface area contributed by atoms with Gasteiger partial charge in [-0.3, -0.25) is 78.2 Å². The summed E-state index contributed by atoms with van der Waals surface area (Å²) < 4.78 is 0. The number of aromatic hydroxyl groups is 1. The first-order valence-corrected chi connectivity index (χ1v) is 37.0. The molecule has 1 aromatic carbocycles. The van der Waals surface area contributed by atoms with Gasteiger partial charge in [0, 0.05) is 55.9 Å². The summed E-state index contributed by atoms with van der Waals surface area (Å²) in [6, 6.07) is -11.3. The minimum absolute atomic E-state index is 0.00875. The molecule has 2 saturated heterocycles. The Morgan fingerprint density at radius 3 is 1.94 bits per heavy atom. The zero-order valence-corrected chi connectivity index (χ0v) is 61.5. The molecule has 1 aromatic heterocycles. The van der Waals surface area contributed by atoms with E-state index in [9.17, 15) is 78.0 Å². The van der Waals surface area contributed by atoms with Crippen LogP contribution in [0.15, 0.2) is 46.8 Å². The molecule has 586 valence electrons. The average Bonchev–Trinajstić information content (AvgIpc) is 1.79. The zero-order valence-electron chi connectivity index (χ0n) is 59.8. The number of carbonyl (C=O) groups is 12. The second kappa shape index (κ2) is 44.6. The molecule has 105 heavy (non-hydrogen) atoms. The van der Waals surface area contributed by atoms with E-state index in [0.717, 1.165) is 21.6 Å². The highest BCUT2D eigenvalue weighted by atomic mass is 33.1. The lowest BCUT2D eigenvalue weighted by molar-refractivity contribution is -0.142. The van der Waals surface area contributed by atoms with Gasteiger partial charge >= 0.3 is 0 Å². The van der Waals surface area contributed by atoms with Crippen molar-refractivity contribution in [1.82, 2.24) is 73.4 Å². The van der Waals surface area contributed by atoms with E-state index >= 15 is 0 Å². The van der Waals surface area contributed by atoms with Crippen molar-refractivity contribution in [1.29, 1.82) is 0 Å². The van der Waals surface area contributed by atoms with Crippen LogP contribution in [0.2, 0.25) is 0 Å². The quantitative estimate of drug-likeness (QED) is 0.0171. The Bertz CT molecular complexity index is 3270. The number of hydrogen-bond donors (Lipinski definition) is 23. The standard InChI is InChI=1S/C64H107N23O16S2/c1-31(2)22-41-55(96)82-43(27-88)57(98)81-42(23-34-13-15-36(89)16-14-34)56(97)79-38(10-7-19-73-63(68)69)53(94)75-26-48(91)77-40(11-8-20-74-64(70)71)62(103)87-21-9-12-46(87)59(100)86-50(33(5)6)60(101)83-44(51(67)92)28-104-105-29-45(58(99)80-41)84-61(102)49(32(3)4)85-54(95)39(17-18-47(66)90)78-52(93)37(65)24-35-25-72-30-76-35/h13-16,25,30-33,37-46,49-50,53,57,75,81,88-89,94,98H,7-12,17-24,26-29,65H2,1-6H3,(H2,66,90)(H2,67,92)(H,72,76)(H,77,91)(H,78,93)(H,79,97)(H,80,99)(H,82,96)(H,83,101)(H,84,102)(H,85,95)(H,86,100)(H4,68,69,73)(H4,70,71,74)/t37-,38-,39-,40-,41-,42-,43-,44-,45-,46-,49-,50-,53?,57?/m0/s1. The van der Waals surface area contributed by atoms with Crippen LogP contribution in [0.3, 0.4) is 0 Å². The number of phenols is 1. The predicted molar refractivity (Wildman–Crippen MR) is 390 cm³/mol. The number of rotatable bonds is 27. The van der Waals surface area contributed by atoms with Crippen molar-refractivity contribution >= 4 is 104 Å². The van der Waals surface area contributed by atoms with Gasteiger partial charge in [-0.25, -0.2) is 4.98 Å². The van der Waals surface area contributed by atoms with Crippen LogP contribution >= 0.6 is 21.6 Å². The molecule has 14 atom stereocenters. The Balaban J connectivity index is 1.82. The Kier molecular flexibility index (Phi) is 37.5. The van der Waals surface area contributed by atoms with E-state index in [-0.39, 0.29) is 119 Å². The molecule has 0 radical (unpaired) electrons. The van der Waals surface area contributed by atoms with E-state index in [1.807, 2.05) is 0 Å². The SMILES string of the molecule is CC(C)C[C@@H]1NC(=O)[C@@H](NC(=O)[C@@H](NC(=O)[C@H](CCC(N)=O)NC(=O)[C@@H](N)Cc2cnc[nH]2)C(C)C)CSSC[C@@H](C(N)=O)NC(=O)[C@H](C(C)C)NC(=O)[C@@H]2CCCN2C(=O)[C@H](CCCN=C(N)N)NC(=O)CNC(O)[C@H](CCCN=C(N)N)NC(=O)[C@H](Cc2ccc(O)cc2)NC(O)[C@H](CO)NC1=O. The molecule has 2 aliphatic rings. The number of nitrogens with one attached hydrogen (secondary N) is 12. The zero-order chi connectivity index (χ0) is 78.2. The number of aliphatic hydroxyl groups is 3. The number of hydrogen-bond acceptors (Lipinski definition) is 24. The van der Waals surface area contributed by atoms with Crippen LogP contribution in [0.25, 0.3) is 0 Å². The van der Waals surface area contributed by atoms with Gasteiger partial charge in [0.25, 0.3) is 0 Å². The van der Waals surface area contributed by atoms with Crippen molar-refractivity contribution in [2.24, 2.45) is 67.9 Å². The van der Waals surface area contributed by atoms with Gasteiger partial charge in [-0.15, -0.1) is 0 Å². The van der Waals surface area contributed by atoms with Gasteiger partial charge in [0.2, 0.25) is 70.9 Å². The van der Waals surface area contributed by atoms with Crippen molar-refractivity contribution in [3.63, 3.8) is 0 Å². The van der Waals surface area contributed by atoms with E-state index in [1.54, 1.807) is 41.5 Å². The number of carbonyl (C=O) groups excluding carboxylic acids is 12. The molecule has 12 amide bonds. The third-order valence-electron chi connectivity index (χ3n) is 16.9. The summed E-state index contributed by atoms with van der Waals surface area (Å²) in [5.41, 5.74) is 40.7. The third kappa shape index (κ3) is 30.8. The van der Waals surface area contributed by atoms with Crippen LogP contribution in [0.1, 0.15) is 111 Å². The second-order valence-corrected chi connectivity index (χ2v) is 29.2. The number of imidazole rings is 1. The third-order valence-corrected chi connectivity index (χ3v) is 19.3. The van der Waals surface area contributed by atoms with Crippen molar-refractivity contribution < 1.29 is 78.0 Å². The first-order valence-electron chi connectivity index (χ1n) is 34.5. The second-order valence-electron chi connectivity index (χ2n) is 26.7. The fourth-order valence-corrected chi connectivity index (χ4v) is 13.5. The van der Waals surface area contributed by atoms with E-state index < -0.39 is 181 Å². The van der Waals surface area contributed by atoms with Crippen LogP contribution in [0.5, 0.6) is 5.75 Å². The number of phenolic OH excluding ortho intramolecular Hbond substituents is 1. The van der Waals surface area contributed by atoms with Crippen LogP contribution in [-0.4, -0.2) is 247 Å². The Morgan fingerprint density at radius 2 is 1.35 bits per heavy atom. The van der Waals surface area contributed by atoms with Gasteiger partial charge in [0.15, 0.2) is 11.9 Å². The number of guanidine groups is 2. The van der Waals surface area contributed by atoms with Crippen molar-refractivity contribution in [3.05, 3.63) is 48.0 Å². The Morgan fingerprint density at radius 1 is 0.714 bits per heavy atom. The van der Waals surface area contributed by atoms with Gasteiger partial charge in [0.05, 0.1) is 43.6 Å². The number of amides is 12. The molecule has 4 rings (SSSR count). The van der Waals surface area contributed by atoms with Crippen molar-refractivity contribution in [3.8, 4) is 5.75 Å². The molecule has 30 N–H and O–H groups in total. The van der Waals surface area contributed by atoms with Gasteiger partial charge < -0.3 is 118 Å². The lowest BCUT2D eigenvalue weighted by Gasteiger charge is -2.32. The fraction of sp³-hybridized carbons (Fsp3) is 0.641. The number of benzene rings is 1. The number of aromatic nitrogens is 2. The van der Waals surface area contributed by atoms with Gasteiger partial charge in [-0.2, -0.15) is 0 Å². The van der Waals surface area contributed by atoms with Crippen LogP contribution < -0.4 is 98.6 Å². The molecule has 39 nitrogen and oxygen atoms in total. The number of aliphatic hydroxyl groups excluding tert-OH is 3. The summed E-state index contributed by atoms with van der Waals surface area (Å²) in [5.74, 6) is -13.6. The van der Waals surface area contributed by atoms with Crippen LogP contribution in [0.4, 0.5) is 0 Å². The maximum atomic E-state index is 14.9. The number of primary amides is 2. The summed E-state index contributed by atoms with van der Waals surface area (Å²) in [5, 5.41) is 73.7. The molecule has 2 fully saturated rings. The number of nitrogens with zero attached hydrogens (tertiary/aromatic N) is 4. The lowest BCUT2D eigenvalue weighted by atomic mass is 10.0. The summed E-state index contributed by atoms with van der Waals surface area (Å²) in [6.07, 6.45) is -1.39. The fourth-order valence-electron chi connectivity index (χ4n) is 11.1. The van der Waals surface area contributed by atoms with E-state index in [4.69, 9.17) is 40.1 Å². The molecule has 0 saturated carbocycles. The molecule has 0 bridgehead atoms. The molecule has 0 spiro atoms. The van der Waals surface area contributed by atoms with E-state index in [2.05, 4.69) is 78.4 Å². The van der Waals surface area contributed by atoms with Crippen LogP contribution in [-0.2, 0) is 70.4 Å². The van der Waals surface area contributed by atoms with Crippen molar-refractivity contribution in [2.45, 2.75) is 197 Å². The van der Waals surface area contributed by atoms with Gasteiger partial charge in [-0.1, -0.05) is 75.3 Å². The molecule has 2 aliphatic heterocycles. The molecule has 2 unspecified atom stereocenters. The number of fused-ring (bicyclic) bond motifs is 1. The van der Waals surface area contributed by atoms with E-state index in [0.29, 0.717) is 17.7 Å². The lowest BCUT2D eigenvalue weighted by Crippen LogP contribution is -2.63. The van der Waals surface area contributed by atoms with Gasteiger partial charge in [-0.05, 0) is 93.2 Å². The topological polar surface area (TPSA) is 657 Å². The van der Waals surface area contributed by atoms with Crippen molar-refractivity contribution in [2.75, 3.05) is 44.3 Å². The predicted octanol–water partition coefficient (Wildman–Crippen LogP) is -7.63.